The summed E-state index contributed by atoms with van der Waals surface area (Å²) >= 11 is 1.51. The molecule has 0 spiro atoms. The fourth-order valence-corrected chi connectivity index (χ4v) is 2.75. The predicted molar refractivity (Wildman–Crippen MR) is 103 cm³/mol. The monoisotopic (exact) mass is 406 g/mol. The molecule has 2 aromatic carbocycles. The van der Waals surface area contributed by atoms with Crippen molar-refractivity contribution in [2.75, 3.05) is 32.4 Å². The molecule has 0 radical (unpaired) electrons. The summed E-state index contributed by atoms with van der Waals surface area (Å²) in [5, 5.41) is 13.8. The van der Waals surface area contributed by atoms with E-state index in [1.807, 2.05) is 12.3 Å². The first kappa shape index (κ1) is 21.0. The Morgan fingerprint density at radius 2 is 1.82 bits per heavy atom. The van der Waals surface area contributed by atoms with Gasteiger partial charge in [-0.1, -0.05) is 6.07 Å². The molecule has 2 aromatic rings. The van der Waals surface area contributed by atoms with Gasteiger partial charge in [-0.25, -0.2) is 4.79 Å². The molecule has 0 aliphatic rings. The summed E-state index contributed by atoms with van der Waals surface area (Å²) in [6.45, 7) is -0.603. The van der Waals surface area contributed by atoms with Crippen LogP contribution in [0.1, 0.15) is 10.4 Å². The maximum atomic E-state index is 12.3. The number of carbonyl (C=O) groups excluding carboxylic acids is 2. The number of nitro groups is 1. The number of nitrogens with one attached hydrogen (secondary N) is 1. The van der Waals surface area contributed by atoms with Gasteiger partial charge in [0.2, 0.25) is 0 Å². The van der Waals surface area contributed by atoms with Crippen LogP contribution in [0.2, 0.25) is 0 Å². The zero-order valence-corrected chi connectivity index (χ0v) is 16.2. The van der Waals surface area contributed by atoms with Gasteiger partial charge in [-0.2, -0.15) is 0 Å². The van der Waals surface area contributed by atoms with Crippen LogP contribution >= 0.6 is 11.8 Å². The minimum absolute atomic E-state index is 0.0946. The largest absolute Gasteiger partial charge is 0.493 e. The third-order valence-electron chi connectivity index (χ3n) is 3.61. The Labute approximate surface area is 165 Å². The normalized spacial score (nSPS) is 10.1. The number of hydrogen-bond acceptors (Lipinski definition) is 8. The van der Waals surface area contributed by atoms with E-state index in [-0.39, 0.29) is 17.1 Å². The van der Waals surface area contributed by atoms with Crippen molar-refractivity contribution in [3.63, 3.8) is 0 Å². The first-order chi connectivity index (χ1) is 13.4. The summed E-state index contributed by atoms with van der Waals surface area (Å²) in [5.74, 6) is -1.38. The summed E-state index contributed by atoms with van der Waals surface area (Å²) in [4.78, 5) is 35.8. The van der Waals surface area contributed by atoms with Crippen LogP contribution in [0.25, 0.3) is 0 Å². The molecule has 1 N–H and O–H groups in total. The summed E-state index contributed by atoms with van der Waals surface area (Å²) < 4.78 is 15.0. The van der Waals surface area contributed by atoms with Crippen molar-refractivity contribution >= 4 is 35.0 Å². The lowest BCUT2D eigenvalue weighted by Crippen LogP contribution is -2.21. The molecule has 9 nitrogen and oxygen atoms in total. The fraction of sp³-hybridized carbons (Fsp3) is 0.222. The van der Waals surface area contributed by atoms with Gasteiger partial charge in [-0.05, 0) is 24.5 Å². The van der Waals surface area contributed by atoms with E-state index in [1.165, 1.54) is 26.0 Å². The lowest BCUT2D eigenvalue weighted by Gasteiger charge is -2.11. The van der Waals surface area contributed by atoms with E-state index in [0.717, 1.165) is 17.0 Å². The molecule has 0 aromatic heterocycles. The van der Waals surface area contributed by atoms with Crippen molar-refractivity contribution in [1.29, 1.82) is 0 Å². The second-order valence-corrected chi connectivity index (χ2v) is 6.22. The molecular formula is C18H18N2O7S. The molecule has 10 heteroatoms. The number of methoxy groups -OCH3 is 2. The molecule has 0 saturated carbocycles. The number of rotatable bonds is 8. The van der Waals surface area contributed by atoms with E-state index >= 15 is 0 Å². The van der Waals surface area contributed by atoms with Crippen molar-refractivity contribution < 1.29 is 28.7 Å². The highest BCUT2D eigenvalue weighted by Crippen LogP contribution is 2.34. The van der Waals surface area contributed by atoms with Crippen LogP contribution in [0.3, 0.4) is 0 Å². The summed E-state index contributed by atoms with van der Waals surface area (Å²) in [6, 6.07) is 9.32. The van der Waals surface area contributed by atoms with E-state index in [0.29, 0.717) is 5.69 Å². The Morgan fingerprint density at radius 1 is 1.14 bits per heavy atom. The molecule has 1 amide bonds. The molecule has 0 saturated heterocycles. The van der Waals surface area contributed by atoms with E-state index in [9.17, 15) is 19.7 Å². The molecule has 0 unspecified atom stereocenters. The lowest BCUT2D eigenvalue weighted by molar-refractivity contribution is -0.385. The van der Waals surface area contributed by atoms with E-state index < -0.39 is 29.1 Å². The second kappa shape index (κ2) is 9.60. The minimum Gasteiger partial charge on any atom is -0.493 e. The number of nitrogens with zero attached hydrogens (tertiary/aromatic N) is 1. The van der Waals surface area contributed by atoms with Crippen molar-refractivity contribution in [2.45, 2.75) is 4.90 Å². The van der Waals surface area contributed by atoms with Gasteiger partial charge in [0.25, 0.3) is 11.6 Å². The summed E-state index contributed by atoms with van der Waals surface area (Å²) in [6.07, 6.45) is 1.90. The molecule has 0 aliphatic heterocycles. The molecular weight excluding hydrogens is 388 g/mol. The van der Waals surface area contributed by atoms with Gasteiger partial charge in [0.05, 0.1) is 25.2 Å². The summed E-state index contributed by atoms with van der Waals surface area (Å²) in [5.41, 5.74) is -0.319. The van der Waals surface area contributed by atoms with Gasteiger partial charge in [0.15, 0.2) is 18.1 Å². The van der Waals surface area contributed by atoms with Crippen molar-refractivity contribution in [1.82, 2.24) is 0 Å². The number of esters is 1. The zero-order valence-electron chi connectivity index (χ0n) is 15.4. The highest BCUT2D eigenvalue weighted by Gasteiger charge is 2.26. The SMILES string of the molecule is COc1cc(C(=O)OCC(=O)Nc2cccc(SC)c2)c([N+](=O)[O-])cc1OC. The predicted octanol–water partition coefficient (Wildman–Crippen LogP) is 3.13. The number of thioether (sulfide) groups is 1. The maximum Gasteiger partial charge on any atom is 0.345 e. The number of benzene rings is 2. The molecule has 0 bridgehead atoms. The molecule has 0 fully saturated rings. The molecule has 0 aliphatic carbocycles. The quantitative estimate of drug-likeness (QED) is 0.308. The highest BCUT2D eigenvalue weighted by atomic mass is 32.2. The van der Waals surface area contributed by atoms with E-state index in [1.54, 1.807) is 18.2 Å². The Bertz CT molecular complexity index is 901. The van der Waals surface area contributed by atoms with Crippen molar-refractivity contribution in [3.8, 4) is 11.5 Å². The average molecular weight is 406 g/mol. The minimum atomic E-state index is -1.03. The standard InChI is InChI=1S/C18H18N2O7S/c1-25-15-8-13(14(20(23)24)9-16(15)26-2)18(22)27-10-17(21)19-11-5-4-6-12(7-11)28-3/h4-9H,10H2,1-3H3,(H,19,21). The van der Waals surface area contributed by atoms with E-state index in [4.69, 9.17) is 14.2 Å². The third-order valence-corrected chi connectivity index (χ3v) is 4.33. The number of carbonyl (C=O) groups is 2. The van der Waals surface area contributed by atoms with Crippen LogP contribution < -0.4 is 14.8 Å². The van der Waals surface area contributed by atoms with Gasteiger partial charge in [-0.3, -0.25) is 14.9 Å². The average Bonchev–Trinajstić information content (AvgIpc) is 2.70. The Morgan fingerprint density at radius 3 is 2.43 bits per heavy atom. The van der Waals surface area contributed by atoms with Crippen molar-refractivity contribution in [2.24, 2.45) is 0 Å². The number of amides is 1. The van der Waals surface area contributed by atoms with Crippen LogP contribution in [0.5, 0.6) is 11.5 Å². The molecule has 0 heterocycles. The number of nitro benzene ring substituents is 1. The second-order valence-electron chi connectivity index (χ2n) is 5.34. The van der Waals surface area contributed by atoms with E-state index in [2.05, 4.69) is 5.32 Å². The zero-order chi connectivity index (χ0) is 20.7. The third kappa shape index (κ3) is 5.13. The molecule has 148 valence electrons. The Kier molecular flexibility index (Phi) is 7.21. The first-order valence-corrected chi connectivity index (χ1v) is 9.13. The Hall–Kier alpha value is -3.27. The van der Waals surface area contributed by atoms with Crippen LogP contribution in [0.15, 0.2) is 41.3 Å². The number of anilines is 1. The van der Waals surface area contributed by atoms with Gasteiger partial charge in [0.1, 0.15) is 5.56 Å². The lowest BCUT2D eigenvalue weighted by atomic mass is 10.1. The van der Waals surface area contributed by atoms with Crippen LogP contribution in [0.4, 0.5) is 11.4 Å². The number of hydrogen-bond donors (Lipinski definition) is 1. The van der Waals surface area contributed by atoms with Crippen molar-refractivity contribution in [3.05, 3.63) is 52.1 Å². The highest BCUT2D eigenvalue weighted by molar-refractivity contribution is 7.98. The topological polar surface area (TPSA) is 117 Å². The molecule has 0 atom stereocenters. The van der Waals surface area contributed by atoms with Gasteiger partial charge < -0.3 is 19.5 Å². The maximum absolute atomic E-state index is 12.3. The van der Waals surface area contributed by atoms with Gasteiger partial charge >= 0.3 is 5.97 Å². The van der Waals surface area contributed by atoms with Gasteiger partial charge in [-0.15, -0.1) is 11.8 Å². The van der Waals surface area contributed by atoms with Crippen LogP contribution in [-0.4, -0.2) is 43.9 Å². The van der Waals surface area contributed by atoms with Crippen LogP contribution in [-0.2, 0) is 9.53 Å². The smallest absolute Gasteiger partial charge is 0.345 e. The summed E-state index contributed by atoms with van der Waals surface area (Å²) in [7, 11) is 2.64. The van der Waals surface area contributed by atoms with Crippen LogP contribution in [0, 0.1) is 10.1 Å². The first-order valence-electron chi connectivity index (χ1n) is 7.91. The fourth-order valence-electron chi connectivity index (χ4n) is 2.29. The molecule has 28 heavy (non-hydrogen) atoms. The Balaban J connectivity index is 2.11. The van der Waals surface area contributed by atoms with Gasteiger partial charge in [0, 0.05) is 16.6 Å². The molecule has 2 rings (SSSR count). The number of ether oxygens (including phenoxy) is 3.